The Labute approximate surface area is 348 Å². The van der Waals surface area contributed by atoms with Crippen molar-refractivity contribution < 1.29 is 0 Å². The van der Waals surface area contributed by atoms with Crippen LogP contribution in [-0.4, -0.2) is 4.40 Å². The smallest absolute Gasteiger partial charge is 0.0619 e. The van der Waals surface area contributed by atoms with Crippen LogP contribution in [-0.2, 0) is 11.8 Å². The number of benzene rings is 9. The highest BCUT2D eigenvalue weighted by atomic mass is 15.1. The van der Waals surface area contributed by atoms with Gasteiger partial charge in [-0.3, -0.25) is 0 Å². The summed E-state index contributed by atoms with van der Waals surface area (Å²) in [5.41, 5.74) is 17.5. The van der Waals surface area contributed by atoms with E-state index in [1.54, 1.807) is 0 Å². The van der Waals surface area contributed by atoms with Crippen molar-refractivity contribution in [3.05, 3.63) is 216 Å². The highest BCUT2D eigenvalue weighted by Crippen LogP contribution is 2.52. The summed E-state index contributed by atoms with van der Waals surface area (Å²) in [6.07, 6.45) is 0.961. The predicted molar refractivity (Wildman–Crippen MR) is 254 cm³/mol. The molecule has 2 nitrogen and oxygen atoms in total. The minimum atomic E-state index is -0.129. The summed E-state index contributed by atoms with van der Waals surface area (Å²) in [5, 5.41) is 10.4. The van der Waals surface area contributed by atoms with Gasteiger partial charge in [-0.15, -0.1) is 0 Å². The van der Waals surface area contributed by atoms with Crippen LogP contribution in [0.1, 0.15) is 36.1 Å². The van der Waals surface area contributed by atoms with Crippen molar-refractivity contribution in [3.8, 4) is 22.3 Å². The molecule has 0 spiro atoms. The second kappa shape index (κ2) is 12.3. The number of fused-ring (bicyclic) bond motifs is 10. The van der Waals surface area contributed by atoms with Gasteiger partial charge in [0.2, 0.25) is 0 Å². The average molecular weight is 765 g/mol. The van der Waals surface area contributed by atoms with E-state index < -0.39 is 0 Å². The molecule has 2 aliphatic carbocycles. The van der Waals surface area contributed by atoms with E-state index in [4.69, 9.17) is 0 Å². The Morgan fingerprint density at radius 3 is 1.80 bits per heavy atom. The van der Waals surface area contributed by atoms with Crippen LogP contribution in [0.15, 0.2) is 194 Å². The summed E-state index contributed by atoms with van der Waals surface area (Å²) >= 11 is 0. The largest absolute Gasteiger partial charge is 0.310 e. The number of aromatic nitrogens is 1. The first-order valence-electron chi connectivity index (χ1n) is 21.1. The first kappa shape index (κ1) is 33.5. The number of hydrogen-bond acceptors (Lipinski definition) is 1. The van der Waals surface area contributed by atoms with Gasteiger partial charge in [0.15, 0.2) is 0 Å². The summed E-state index contributed by atoms with van der Waals surface area (Å²) < 4.78 is 2.55. The highest BCUT2D eigenvalue weighted by molar-refractivity contribution is 6.27. The molecule has 9 aromatic carbocycles. The molecule has 0 N–H and O–H groups in total. The number of nitrogens with zero attached hydrogens (tertiary/aromatic N) is 2. The standard InChI is InChI=1S/C58H40N2/c1-58(2)50-26-9-6-20-42(50)43-31-29-40(35-51(43)58)59(52-27-10-7-19-41(52)36-15-4-3-5-16-36)39-30-32-54-49(34-39)48-25-14-24-47-46-23-13-18-38-33-37-17-12-22-45(55(37)56(38)46)44-21-8-11-28-53(44)60(54)57(47)48/h3-32,34-35H,33H2,1-2H3. The Bertz CT molecular complexity index is 3660. The minimum absolute atomic E-state index is 0.129. The van der Waals surface area contributed by atoms with Gasteiger partial charge in [-0.2, -0.15) is 0 Å². The zero-order valence-electron chi connectivity index (χ0n) is 33.6. The van der Waals surface area contributed by atoms with Crippen molar-refractivity contribution in [1.82, 2.24) is 4.40 Å². The van der Waals surface area contributed by atoms with Gasteiger partial charge in [0.25, 0.3) is 0 Å². The summed E-state index contributed by atoms with van der Waals surface area (Å²) in [6, 6.07) is 72.7. The molecule has 2 aliphatic rings. The maximum absolute atomic E-state index is 2.55. The van der Waals surface area contributed by atoms with Gasteiger partial charge in [0.05, 0.1) is 22.2 Å². The van der Waals surface area contributed by atoms with Gasteiger partial charge in [0, 0.05) is 43.9 Å². The SMILES string of the molecule is CC1(C)c2ccccc2-c2ccc(N(c3ccc4c(c3)c3cccc5c6cccc7c6c6c(cccc6c6ccccc6n4c53)C7)c3ccccc3-c3ccccc3)cc21. The lowest BCUT2D eigenvalue weighted by Crippen LogP contribution is -2.16. The van der Waals surface area contributed by atoms with Gasteiger partial charge < -0.3 is 9.30 Å². The van der Waals surface area contributed by atoms with Crippen molar-refractivity contribution in [3.63, 3.8) is 0 Å². The molecule has 2 heterocycles. The number of para-hydroxylation sites is 3. The summed E-state index contributed by atoms with van der Waals surface area (Å²) in [5.74, 6) is 0. The third-order valence-corrected chi connectivity index (χ3v) is 13.7. The average Bonchev–Trinajstić information content (AvgIpc) is 3.93. The third kappa shape index (κ3) is 4.53. The van der Waals surface area contributed by atoms with Crippen LogP contribution in [0.25, 0.3) is 81.9 Å². The Balaban J connectivity index is 1.15. The van der Waals surface area contributed by atoms with Gasteiger partial charge in [0.1, 0.15) is 0 Å². The van der Waals surface area contributed by atoms with E-state index in [9.17, 15) is 0 Å². The van der Waals surface area contributed by atoms with Crippen LogP contribution in [0, 0.1) is 0 Å². The van der Waals surface area contributed by atoms with Crippen molar-refractivity contribution in [1.29, 1.82) is 0 Å². The molecule has 0 saturated heterocycles. The second-order valence-electron chi connectivity index (χ2n) is 17.2. The van der Waals surface area contributed by atoms with Crippen LogP contribution in [0.4, 0.5) is 17.1 Å². The van der Waals surface area contributed by atoms with Crippen molar-refractivity contribution in [2.75, 3.05) is 4.90 Å². The Kier molecular flexibility index (Phi) is 6.88. The predicted octanol–water partition coefficient (Wildman–Crippen LogP) is 15.6. The van der Waals surface area contributed by atoms with E-state index in [1.165, 1.54) is 104 Å². The Morgan fingerprint density at radius 1 is 0.417 bits per heavy atom. The Morgan fingerprint density at radius 2 is 0.983 bits per heavy atom. The molecular formula is C58H40N2. The van der Waals surface area contributed by atoms with Crippen LogP contribution < -0.4 is 4.90 Å². The molecule has 282 valence electrons. The van der Waals surface area contributed by atoms with Crippen LogP contribution in [0.5, 0.6) is 0 Å². The van der Waals surface area contributed by atoms with Crippen LogP contribution >= 0.6 is 0 Å². The van der Waals surface area contributed by atoms with Gasteiger partial charge in [-0.25, -0.2) is 0 Å². The summed E-state index contributed by atoms with van der Waals surface area (Å²) in [7, 11) is 0. The molecule has 60 heavy (non-hydrogen) atoms. The van der Waals surface area contributed by atoms with Gasteiger partial charge in [-0.05, 0) is 109 Å². The zero-order valence-corrected chi connectivity index (χ0v) is 33.6. The monoisotopic (exact) mass is 764 g/mol. The molecule has 13 rings (SSSR count). The molecule has 0 fully saturated rings. The molecule has 2 aromatic heterocycles. The van der Waals surface area contributed by atoms with Crippen molar-refractivity contribution in [2.24, 2.45) is 0 Å². The lowest BCUT2D eigenvalue weighted by atomic mass is 9.82. The zero-order chi connectivity index (χ0) is 39.7. The normalized spacial score (nSPS) is 13.6. The molecule has 0 aliphatic heterocycles. The number of rotatable bonds is 4. The lowest BCUT2D eigenvalue weighted by Gasteiger charge is -2.30. The molecule has 0 atom stereocenters. The summed E-state index contributed by atoms with van der Waals surface area (Å²) in [6.45, 7) is 4.74. The molecular weight excluding hydrogens is 725 g/mol. The Hall–Kier alpha value is -7.42. The number of hydrogen-bond donors (Lipinski definition) is 0. The molecule has 0 saturated carbocycles. The fraction of sp³-hybridized carbons (Fsp3) is 0.0690. The lowest BCUT2D eigenvalue weighted by molar-refractivity contribution is 0.660. The first-order valence-corrected chi connectivity index (χ1v) is 21.1. The quantitative estimate of drug-likeness (QED) is 0.173. The van der Waals surface area contributed by atoms with Crippen molar-refractivity contribution in [2.45, 2.75) is 25.7 Å². The fourth-order valence-electron chi connectivity index (χ4n) is 11.1. The van der Waals surface area contributed by atoms with E-state index in [0.29, 0.717) is 0 Å². The van der Waals surface area contributed by atoms with E-state index in [2.05, 4.69) is 217 Å². The van der Waals surface area contributed by atoms with Crippen LogP contribution in [0.2, 0.25) is 0 Å². The molecule has 0 unspecified atom stereocenters. The van der Waals surface area contributed by atoms with E-state index in [-0.39, 0.29) is 5.41 Å². The minimum Gasteiger partial charge on any atom is -0.310 e. The number of anilines is 3. The topological polar surface area (TPSA) is 7.65 Å². The fourth-order valence-corrected chi connectivity index (χ4v) is 11.1. The van der Waals surface area contributed by atoms with Crippen molar-refractivity contribution >= 4 is 76.7 Å². The van der Waals surface area contributed by atoms with E-state index in [1.807, 2.05) is 0 Å². The maximum atomic E-state index is 2.55. The molecule has 0 radical (unpaired) electrons. The van der Waals surface area contributed by atoms with Crippen LogP contribution in [0.3, 0.4) is 0 Å². The van der Waals surface area contributed by atoms with Gasteiger partial charge >= 0.3 is 0 Å². The highest BCUT2D eigenvalue weighted by Gasteiger charge is 2.36. The molecule has 0 bridgehead atoms. The first-order chi connectivity index (χ1) is 29.5. The van der Waals surface area contributed by atoms with E-state index >= 15 is 0 Å². The third-order valence-electron chi connectivity index (χ3n) is 13.7. The molecule has 2 heteroatoms. The molecule has 11 aromatic rings. The maximum Gasteiger partial charge on any atom is 0.0619 e. The van der Waals surface area contributed by atoms with Gasteiger partial charge in [-0.1, -0.05) is 166 Å². The molecule has 0 amide bonds. The van der Waals surface area contributed by atoms with E-state index in [0.717, 1.165) is 23.5 Å². The summed E-state index contributed by atoms with van der Waals surface area (Å²) in [4.78, 5) is 2.49. The second-order valence-corrected chi connectivity index (χ2v) is 17.2.